The van der Waals surface area contributed by atoms with Gasteiger partial charge in [0.05, 0.1) is 30.1 Å². The van der Waals surface area contributed by atoms with Gasteiger partial charge in [-0.05, 0) is 24.6 Å². The van der Waals surface area contributed by atoms with E-state index >= 15 is 0 Å². The van der Waals surface area contributed by atoms with Gasteiger partial charge in [0.15, 0.2) is 0 Å². The van der Waals surface area contributed by atoms with Crippen LogP contribution in [0, 0.1) is 0 Å². The summed E-state index contributed by atoms with van der Waals surface area (Å²) >= 11 is 0. The van der Waals surface area contributed by atoms with E-state index in [4.69, 9.17) is 9.72 Å². The quantitative estimate of drug-likeness (QED) is 0.602. The number of urea groups is 1. The number of carbonyl (C=O) groups excluding carboxylic acids is 2. The van der Waals surface area contributed by atoms with Crippen molar-refractivity contribution in [2.75, 3.05) is 37.7 Å². The number of imidazole rings is 1. The Kier molecular flexibility index (Phi) is 6.58. The summed E-state index contributed by atoms with van der Waals surface area (Å²) in [5.41, 5.74) is 2.94. The predicted molar refractivity (Wildman–Crippen MR) is 123 cm³/mol. The van der Waals surface area contributed by atoms with Gasteiger partial charge in [-0.3, -0.25) is 4.79 Å². The first-order chi connectivity index (χ1) is 15.6. The van der Waals surface area contributed by atoms with Gasteiger partial charge in [0.2, 0.25) is 5.95 Å². The maximum Gasteiger partial charge on any atom is 0.318 e. The second-order valence-electron chi connectivity index (χ2n) is 7.86. The lowest BCUT2D eigenvalue weighted by Gasteiger charge is -2.36. The Balaban J connectivity index is 1.40. The normalized spacial score (nSPS) is 14.9. The number of aromatic nitrogens is 2. The van der Waals surface area contributed by atoms with Gasteiger partial charge in [-0.15, -0.1) is 0 Å². The number of nitrogens with one attached hydrogen (secondary N) is 1. The van der Waals surface area contributed by atoms with Gasteiger partial charge >= 0.3 is 12.0 Å². The summed E-state index contributed by atoms with van der Waals surface area (Å²) in [6.45, 7) is 4.64. The minimum Gasteiger partial charge on any atom is -0.466 e. The molecule has 4 rings (SSSR count). The number of anilines is 1. The fourth-order valence-electron chi connectivity index (χ4n) is 4.09. The summed E-state index contributed by atoms with van der Waals surface area (Å²) in [7, 11) is 2.02. The summed E-state index contributed by atoms with van der Waals surface area (Å²) < 4.78 is 7.19. The number of fused-ring (bicyclic) bond motifs is 1. The lowest BCUT2D eigenvalue weighted by molar-refractivity contribution is -0.143. The smallest absolute Gasteiger partial charge is 0.318 e. The summed E-state index contributed by atoms with van der Waals surface area (Å²) in [4.78, 5) is 33.8. The fourth-order valence-corrected chi connectivity index (χ4v) is 4.09. The van der Waals surface area contributed by atoms with Crippen molar-refractivity contribution in [3.63, 3.8) is 0 Å². The molecule has 2 heterocycles. The second kappa shape index (κ2) is 9.72. The zero-order valence-electron chi connectivity index (χ0n) is 18.5. The molecule has 8 heteroatoms. The summed E-state index contributed by atoms with van der Waals surface area (Å²) in [6.07, 6.45) is 0.101. The number of rotatable bonds is 6. The van der Waals surface area contributed by atoms with Crippen molar-refractivity contribution in [1.29, 1.82) is 0 Å². The molecule has 8 nitrogen and oxygen atoms in total. The summed E-state index contributed by atoms with van der Waals surface area (Å²) in [5.74, 6) is 0.587. The van der Waals surface area contributed by atoms with Crippen LogP contribution in [-0.4, -0.2) is 59.2 Å². The number of amides is 2. The zero-order chi connectivity index (χ0) is 22.5. The highest BCUT2D eigenvalue weighted by atomic mass is 16.5. The Morgan fingerprint density at radius 2 is 1.72 bits per heavy atom. The monoisotopic (exact) mass is 435 g/mol. The lowest BCUT2D eigenvalue weighted by atomic mass is 10.0. The van der Waals surface area contributed by atoms with Gasteiger partial charge in [0.25, 0.3) is 0 Å². The van der Waals surface area contributed by atoms with Crippen LogP contribution in [0.3, 0.4) is 0 Å². The second-order valence-corrected chi connectivity index (χ2v) is 7.86. The number of ether oxygens (including phenoxy) is 1. The van der Waals surface area contributed by atoms with E-state index < -0.39 is 6.04 Å². The van der Waals surface area contributed by atoms with Crippen LogP contribution < -0.4 is 10.2 Å². The van der Waals surface area contributed by atoms with Crippen LogP contribution in [0.5, 0.6) is 0 Å². The molecule has 32 heavy (non-hydrogen) atoms. The molecular formula is C24H29N5O3. The van der Waals surface area contributed by atoms with E-state index in [0.29, 0.717) is 32.8 Å². The van der Waals surface area contributed by atoms with Gasteiger partial charge in [0, 0.05) is 33.2 Å². The Bertz CT molecular complexity index is 1070. The highest BCUT2D eigenvalue weighted by molar-refractivity contribution is 5.79. The number of piperazine rings is 1. The Labute approximate surface area is 187 Å². The molecule has 2 aromatic carbocycles. The number of carbonyl (C=O) groups is 2. The molecule has 2 amide bonds. The molecule has 168 valence electrons. The van der Waals surface area contributed by atoms with E-state index in [1.54, 1.807) is 11.8 Å². The summed E-state index contributed by atoms with van der Waals surface area (Å²) in [6, 6.07) is 17.0. The van der Waals surface area contributed by atoms with Crippen molar-refractivity contribution in [3.8, 4) is 0 Å². The average molecular weight is 436 g/mol. The zero-order valence-corrected chi connectivity index (χ0v) is 18.5. The molecule has 1 saturated heterocycles. The molecule has 3 aromatic rings. The molecule has 1 N–H and O–H groups in total. The van der Waals surface area contributed by atoms with E-state index in [1.807, 2.05) is 55.6 Å². The number of hydrogen-bond donors (Lipinski definition) is 1. The molecule has 1 aliphatic rings. The molecule has 1 fully saturated rings. The molecule has 0 unspecified atom stereocenters. The van der Waals surface area contributed by atoms with E-state index in [1.165, 1.54) is 0 Å². The molecule has 0 saturated carbocycles. The largest absolute Gasteiger partial charge is 0.466 e. The van der Waals surface area contributed by atoms with Crippen LogP contribution in [0.4, 0.5) is 10.7 Å². The number of esters is 1. The van der Waals surface area contributed by atoms with E-state index in [2.05, 4.69) is 20.9 Å². The lowest BCUT2D eigenvalue weighted by Crippen LogP contribution is -2.53. The van der Waals surface area contributed by atoms with Crippen molar-refractivity contribution in [3.05, 3.63) is 60.2 Å². The maximum atomic E-state index is 13.0. The maximum absolute atomic E-state index is 13.0. The van der Waals surface area contributed by atoms with Crippen molar-refractivity contribution >= 4 is 29.0 Å². The van der Waals surface area contributed by atoms with Crippen LogP contribution in [0.15, 0.2) is 54.6 Å². The van der Waals surface area contributed by atoms with Crippen LogP contribution in [-0.2, 0) is 16.6 Å². The number of aryl methyl sites for hydroxylation is 1. The molecule has 0 aliphatic carbocycles. The van der Waals surface area contributed by atoms with E-state index in [-0.39, 0.29) is 18.4 Å². The SMILES string of the molecule is CCOC(=O)C[C@@H](NC(=O)N1CCN(c2nc3ccccc3n2C)CC1)c1ccccc1. The third-order valence-corrected chi connectivity index (χ3v) is 5.79. The minimum atomic E-state index is -0.430. The van der Waals surface area contributed by atoms with Crippen LogP contribution in [0.25, 0.3) is 11.0 Å². The number of benzene rings is 2. The standard InChI is InChI=1S/C24H29N5O3/c1-3-32-22(30)17-20(18-9-5-4-6-10-18)26-24(31)29-15-13-28(14-16-29)23-25-19-11-7-8-12-21(19)27(23)2/h4-12,20H,3,13-17H2,1-2H3,(H,26,31)/t20-/m1/s1. The topological polar surface area (TPSA) is 79.7 Å². The van der Waals surface area contributed by atoms with Gasteiger partial charge in [-0.25, -0.2) is 9.78 Å². The molecule has 0 spiro atoms. The van der Waals surface area contributed by atoms with E-state index in [0.717, 1.165) is 22.5 Å². The van der Waals surface area contributed by atoms with Crippen molar-refractivity contribution in [1.82, 2.24) is 19.8 Å². The first-order valence-electron chi connectivity index (χ1n) is 11.0. The van der Waals surface area contributed by atoms with Gasteiger partial charge in [-0.1, -0.05) is 42.5 Å². The molecule has 1 aromatic heterocycles. The number of nitrogens with zero attached hydrogens (tertiary/aromatic N) is 4. The summed E-state index contributed by atoms with van der Waals surface area (Å²) in [5, 5.41) is 3.03. The van der Waals surface area contributed by atoms with E-state index in [9.17, 15) is 9.59 Å². The minimum absolute atomic E-state index is 0.101. The average Bonchev–Trinajstić information content (AvgIpc) is 3.16. The molecule has 0 radical (unpaired) electrons. The highest BCUT2D eigenvalue weighted by Crippen LogP contribution is 2.23. The first kappa shape index (κ1) is 21.7. The highest BCUT2D eigenvalue weighted by Gasteiger charge is 2.27. The van der Waals surface area contributed by atoms with Crippen molar-refractivity contribution in [2.24, 2.45) is 7.05 Å². The van der Waals surface area contributed by atoms with Crippen LogP contribution >= 0.6 is 0 Å². The van der Waals surface area contributed by atoms with Crippen LogP contribution in [0.1, 0.15) is 24.9 Å². The third kappa shape index (κ3) is 4.69. The van der Waals surface area contributed by atoms with Gasteiger partial charge in [-0.2, -0.15) is 0 Å². The first-order valence-corrected chi connectivity index (χ1v) is 11.0. The van der Waals surface area contributed by atoms with Crippen LogP contribution in [0.2, 0.25) is 0 Å². The number of para-hydroxylation sites is 2. The van der Waals surface area contributed by atoms with Gasteiger partial charge in [0.1, 0.15) is 0 Å². The molecule has 0 bridgehead atoms. The van der Waals surface area contributed by atoms with Crippen molar-refractivity contribution in [2.45, 2.75) is 19.4 Å². The fraction of sp³-hybridized carbons (Fsp3) is 0.375. The third-order valence-electron chi connectivity index (χ3n) is 5.79. The number of hydrogen-bond acceptors (Lipinski definition) is 5. The molecule has 1 atom stereocenters. The van der Waals surface area contributed by atoms with Crippen molar-refractivity contribution < 1.29 is 14.3 Å². The van der Waals surface area contributed by atoms with Gasteiger partial charge < -0.3 is 24.4 Å². The Morgan fingerprint density at radius 3 is 2.41 bits per heavy atom. The Hall–Kier alpha value is -3.55. The Morgan fingerprint density at radius 1 is 1.03 bits per heavy atom. The predicted octanol–water partition coefficient (Wildman–Crippen LogP) is 3.10. The molecule has 1 aliphatic heterocycles. The molecular weight excluding hydrogens is 406 g/mol.